The van der Waals surface area contributed by atoms with Crippen molar-refractivity contribution in [2.45, 2.75) is 0 Å². The quantitative estimate of drug-likeness (QED) is 0.470. The summed E-state index contributed by atoms with van der Waals surface area (Å²) in [4.78, 5) is 13.9. The lowest BCUT2D eigenvalue weighted by molar-refractivity contribution is 0.0690. The molecule has 0 aliphatic heterocycles. The van der Waals surface area contributed by atoms with Crippen LogP contribution in [0.25, 0.3) is 0 Å². The first-order chi connectivity index (χ1) is 5.65. The minimum atomic E-state index is -1.16. The zero-order valence-corrected chi connectivity index (χ0v) is 5.98. The number of aromatic nitrogens is 1. The fourth-order valence-corrected chi connectivity index (χ4v) is 0.681. The topological polar surface area (TPSA) is 108 Å². The molecule has 0 spiro atoms. The maximum atomic E-state index is 10.4. The molecule has 0 bridgehead atoms. The molecule has 0 atom stereocenters. The van der Waals surface area contributed by atoms with Gasteiger partial charge in [-0.1, -0.05) is 0 Å². The van der Waals surface area contributed by atoms with Gasteiger partial charge >= 0.3 is 5.97 Å². The molecular formula is C6H7N3O3. The van der Waals surface area contributed by atoms with E-state index in [2.05, 4.69) is 4.98 Å². The second kappa shape index (κ2) is 3.05. The molecule has 1 heterocycles. The van der Waals surface area contributed by atoms with Gasteiger partial charge in [-0.25, -0.2) is 9.78 Å². The van der Waals surface area contributed by atoms with Crippen molar-refractivity contribution in [1.82, 2.24) is 4.98 Å². The number of pyridine rings is 1. The van der Waals surface area contributed by atoms with Crippen molar-refractivity contribution < 1.29 is 15.1 Å². The van der Waals surface area contributed by atoms with E-state index in [0.717, 1.165) is 12.3 Å². The molecule has 5 N–H and O–H groups in total. The third kappa shape index (κ3) is 1.43. The number of nitrogens with one attached hydrogen (secondary N) is 1. The summed E-state index contributed by atoms with van der Waals surface area (Å²) < 4.78 is 0. The van der Waals surface area contributed by atoms with Gasteiger partial charge < -0.3 is 10.8 Å². The number of carboxylic acid groups (broad SMARTS) is 1. The standard InChI is InChI=1S/C6H7N3O3/c7-3-1-4(6(10)11)8-2-5(3)9-12/h1-2,9,12H,(H2,7,8)(H,10,11). The maximum absolute atomic E-state index is 10.4. The van der Waals surface area contributed by atoms with Gasteiger partial charge in [-0.15, -0.1) is 0 Å². The third-order valence-corrected chi connectivity index (χ3v) is 1.28. The van der Waals surface area contributed by atoms with Crippen LogP contribution in [0, 0.1) is 0 Å². The molecule has 0 aliphatic carbocycles. The lowest BCUT2D eigenvalue weighted by Gasteiger charge is -2.02. The average Bonchev–Trinajstić information content (AvgIpc) is 2.04. The second-order valence-corrected chi connectivity index (χ2v) is 2.07. The lowest BCUT2D eigenvalue weighted by atomic mass is 10.3. The Morgan fingerprint density at radius 3 is 2.75 bits per heavy atom. The van der Waals surface area contributed by atoms with Crippen LogP contribution in [0.15, 0.2) is 12.3 Å². The first-order valence-electron chi connectivity index (χ1n) is 3.04. The highest BCUT2D eigenvalue weighted by Gasteiger charge is 2.06. The number of nitrogens with two attached hydrogens (primary N) is 1. The Balaban J connectivity index is 3.10. The Bertz CT molecular complexity index is 313. The molecule has 0 unspecified atom stereocenters. The van der Waals surface area contributed by atoms with Crippen molar-refractivity contribution in [1.29, 1.82) is 0 Å². The molecule has 0 saturated carbocycles. The minimum absolute atomic E-state index is 0.130. The normalized spacial score (nSPS) is 9.42. The summed E-state index contributed by atoms with van der Waals surface area (Å²) in [7, 11) is 0. The highest BCUT2D eigenvalue weighted by Crippen LogP contribution is 2.16. The fraction of sp³-hybridized carbons (Fsp3) is 0. The minimum Gasteiger partial charge on any atom is -0.477 e. The first-order valence-corrected chi connectivity index (χ1v) is 3.04. The van der Waals surface area contributed by atoms with Crippen molar-refractivity contribution in [3.63, 3.8) is 0 Å². The van der Waals surface area contributed by atoms with Gasteiger partial charge in [0.1, 0.15) is 11.4 Å². The Morgan fingerprint density at radius 2 is 2.33 bits per heavy atom. The second-order valence-electron chi connectivity index (χ2n) is 2.07. The summed E-state index contributed by atoms with van der Waals surface area (Å²) in [6, 6.07) is 1.15. The number of rotatable bonds is 2. The smallest absolute Gasteiger partial charge is 0.354 e. The van der Waals surface area contributed by atoms with Gasteiger partial charge in [0.15, 0.2) is 0 Å². The Morgan fingerprint density at radius 1 is 1.67 bits per heavy atom. The van der Waals surface area contributed by atoms with Gasteiger partial charge in [-0.3, -0.25) is 10.7 Å². The van der Waals surface area contributed by atoms with E-state index in [1.807, 2.05) is 0 Å². The molecule has 6 nitrogen and oxygen atoms in total. The van der Waals surface area contributed by atoms with E-state index in [9.17, 15) is 4.79 Å². The number of hydrogen-bond acceptors (Lipinski definition) is 5. The van der Waals surface area contributed by atoms with Crippen LogP contribution in [0.2, 0.25) is 0 Å². The highest BCUT2D eigenvalue weighted by molar-refractivity contribution is 5.87. The summed E-state index contributed by atoms with van der Waals surface area (Å²) in [5, 5.41) is 16.9. The SMILES string of the molecule is Nc1cc(C(=O)O)ncc1NO. The molecule has 1 rings (SSSR count). The molecule has 6 heteroatoms. The number of aromatic carboxylic acids is 1. The number of carboxylic acids is 1. The van der Waals surface area contributed by atoms with Gasteiger partial charge in [0.25, 0.3) is 0 Å². The fourth-order valence-electron chi connectivity index (χ4n) is 0.681. The first kappa shape index (κ1) is 8.28. The van der Waals surface area contributed by atoms with Gasteiger partial charge in [0.2, 0.25) is 0 Å². The monoisotopic (exact) mass is 169 g/mol. The largest absolute Gasteiger partial charge is 0.477 e. The van der Waals surface area contributed by atoms with Crippen LogP contribution in [0.4, 0.5) is 11.4 Å². The maximum Gasteiger partial charge on any atom is 0.354 e. The number of nitrogens with zero attached hydrogens (tertiary/aromatic N) is 1. The van der Waals surface area contributed by atoms with E-state index in [-0.39, 0.29) is 17.1 Å². The molecule has 64 valence electrons. The number of carbonyl (C=O) groups is 1. The third-order valence-electron chi connectivity index (χ3n) is 1.28. The van der Waals surface area contributed by atoms with Crippen molar-refractivity contribution in [3.05, 3.63) is 18.0 Å². The van der Waals surface area contributed by atoms with Crippen molar-refractivity contribution in [2.24, 2.45) is 0 Å². The summed E-state index contributed by atoms with van der Waals surface area (Å²) in [5.41, 5.74) is 7.27. The van der Waals surface area contributed by atoms with Crippen LogP contribution < -0.4 is 11.2 Å². The molecular weight excluding hydrogens is 162 g/mol. The number of hydrogen-bond donors (Lipinski definition) is 4. The predicted octanol–water partition coefficient (Wildman–Crippen LogP) is 0.163. The molecule has 0 aliphatic rings. The Kier molecular flexibility index (Phi) is 2.11. The molecule has 1 aromatic rings. The van der Waals surface area contributed by atoms with E-state index in [0.29, 0.717) is 0 Å². The lowest BCUT2D eigenvalue weighted by Crippen LogP contribution is -2.04. The predicted molar refractivity (Wildman–Crippen MR) is 41.0 cm³/mol. The van der Waals surface area contributed by atoms with E-state index in [1.165, 1.54) is 0 Å². The molecule has 0 radical (unpaired) electrons. The molecule has 0 saturated heterocycles. The molecule has 0 aromatic carbocycles. The van der Waals surface area contributed by atoms with Crippen LogP contribution in [0.3, 0.4) is 0 Å². The summed E-state index contributed by atoms with van der Waals surface area (Å²) in [6.45, 7) is 0. The van der Waals surface area contributed by atoms with E-state index in [4.69, 9.17) is 16.0 Å². The van der Waals surface area contributed by atoms with Gasteiger partial charge in [-0.2, -0.15) is 0 Å². The Hall–Kier alpha value is -1.82. The average molecular weight is 169 g/mol. The van der Waals surface area contributed by atoms with E-state index >= 15 is 0 Å². The van der Waals surface area contributed by atoms with Crippen molar-refractivity contribution in [3.8, 4) is 0 Å². The summed E-state index contributed by atoms with van der Waals surface area (Å²) >= 11 is 0. The molecule has 12 heavy (non-hydrogen) atoms. The van der Waals surface area contributed by atoms with Gasteiger partial charge in [-0.05, 0) is 6.07 Å². The molecule has 0 fully saturated rings. The highest BCUT2D eigenvalue weighted by atomic mass is 16.5. The van der Waals surface area contributed by atoms with Crippen molar-refractivity contribution >= 4 is 17.3 Å². The molecule has 1 aromatic heterocycles. The van der Waals surface area contributed by atoms with Gasteiger partial charge in [0, 0.05) is 0 Å². The van der Waals surface area contributed by atoms with Crippen LogP contribution in [-0.2, 0) is 0 Å². The van der Waals surface area contributed by atoms with Crippen LogP contribution in [-0.4, -0.2) is 21.3 Å². The van der Waals surface area contributed by atoms with E-state index in [1.54, 1.807) is 5.48 Å². The van der Waals surface area contributed by atoms with Crippen LogP contribution in [0.5, 0.6) is 0 Å². The van der Waals surface area contributed by atoms with Crippen LogP contribution >= 0.6 is 0 Å². The summed E-state index contributed by atoms with van der Waals surface area (Å²) in [6.07, 6.45) is 1.14. The van der Waals surface area contributed by atoms with Gasteiger partial charge in [0.05, 0.1) is 11.9 Å². The zero-order valence-electron chi connectivity index (χ0n) is 5.98. The summed E-state index contributed by atoms with van der Waals surface area (Å²) in [5.74, 6) is -1.16. The Labute approximate surface area is 67.6 Å². The van der Waals surface area contributed by atoms with Crippen LogP contribution in [0.1, 0.15) is 10.5 Å². The van der Waals surface area contributed by atoms with E-state index < -0.39 is 5.97 Å². The number of nitrogen functional groups attached to an aromatic ring is 1. The zero-order chi connectivity index (χ0) is 9.14. The number of anilines is 2. The van der Waals surface area contributed by atoms with Crippen molar-refractivity contribution in [2.75, 3.05) is 11.2 Å². The molecule has 0 amide bonds.